The molecular formula is C17H29NO2. The third-order valence-corrected chi connectivity index (χ3v) is 3.49. The average Bonchev–Trinajstić information content (AvgIpc) is 2.42. The van der Waals surface area contributed by atoms with E-state index in [0.29, 0.717) is 5.92 Å². The molecule has 2 unspecified atom stereocenters. The minimum absolute atomic E-state index is 0.135. The van der Waals surface area contributed by atoms with Gasteiger partial charge in [0.25, 0.3) is 0 Å². The minimum Gasteiger partial charge on any atom is -0.496 e. The van der Waals surface area contributed by atoms with Gasteiger partial charge in [-0.25, -0.2) is 0 Å². The van der Waals surface area contributed by atoms with Gasteiger partial charge < -0.3 is 14.8 Å². The molecule has 1 aromatic carbocycles. The van der Waals surface area contributed by atoms with Gasteiger partial charge in [-0.3, -0.25) is 0 Å². The lowest BCUT2D eigenvalue weighted by molar-refractivity contribution is 0.00265. The molecule has 0 heterocycles. The molecule has 0 saturated heterocycles. The Labute approximate surface area is 123 Å². The van der Waals surface area contributed by atoms with Gasteiger partial charge in [0, 0.05) is 12.2 Å². The zero-order valence-corrected chi connectivity index (χ0v) is 13.7. The summed E-state index contributed by atoms with van der Waals surface area (Å²) in [5.74, 6) is 1.36. The van der Waals surface area contributed by atoms with Crippen LogP contribution in [0.25, 0.3) is 0 Å². The third-order valence-electron chi connectivity index (χ3n) is 3.49. The van der Waals surface area contributed by atoms with Gasteiger partial charge in [-0.15, -0.1) is 0 Å². The number of benzene rings is 1. The Morgan fingerprint density at radius 3 is 2.40 bits per heavy atom. The maximum Gasteiger partial charge on any atom is 0.123 e. The zero-order chi connectivity index (χ0) is 15.1. The summed E-state index contributed by atoms with van der Waals surface area (Å²) in [7, 11) is 1.72. The molecule has 20 heavy (non-hydrogen) atoms. The van der Waals surface area contributed by atoms with Crippen molar-refractivity contribution in [3.8, 4) is 5.75 Å². The molecular weight excluding hydrogens is 250 g/mol. The summed E-state index contributed by atoms with van der Waals surface area (Å²) in [6, 6.07) is 6.46. The first-order chi connectivity index (χ1) is 9.54. The van der Waals surface area contributed by atoms with Crippen molar-refractivity contribution < 1.29 is 9.47 Å². The molecule has 1 rings (SSSR count). The maximum atomic E-state index is 5.99. The van der Waals surface area contributed by atoms with E-state index < -0.39 is 0 Å². The van der Waals surface area contributed by atoms with Crippen molar-refractivity contribution in [2.24, 2.45) is 5.92 Å². The van der Waals surface area contributed by atoms with E-state index in [4.69, 9.17) is 9.47 Å². The number of methoxy groups -OCH3 is 1. The van der Waals surface area contributed by atoms with Crippen LogP contribution in [0.15, 0.2) is 18.2 Å². The maximum absolute atomic E-state index is 5.99. The Morgan fingerprint density at radius 2 is 1.90 bits per heavy atom. The lowest BCUT2D eigenvalue weighted by Gasteiger charge is -2.32. The minimum atomic E-state index is 0.135. The van der Waals surface area contributed by atoms with Gasteiger partial charge in [0.1, 0.15) is 5.75 Å². The van der Waals surface area contributed by atoms with E-state index in [-0.39, 0.29) is 12.1 Å². The van der Waals surface area contributed by atoms with Crippen LogP contribution in [0.3, 0.4) is 0 Å². The molecule has 0 aliphatic carbocycles. The van der Waals surface area contributed by atoms with Crippen LogP contribution in [-0.2, 0) is 4.74 Å². The number of nitrogens with one attached hydrogen (secondary N) is 1. The largest absolute Gasteiger partial charge is 0.496 e. The van der Waals surface area contributed by atoms with Gasteiger partial charge in [-0.2, -0.15) is 0 Å². The van der Waals surface area contributed by atoms with E-state index in [2.05, 4.69) is 45.1 Å². The normalized spacial score (nSPS) is 14.3. The predicted molar refractivity (Wildman–Crippen MR) is 84.4 cm³/mol. The molecule has 0 bridgehead atoms. The molecule has 0 aromatic heterocycles. The molecule has 0 spiro atoms. The number of hydrogen-bond donors (Lipinski definition) is 1. The van der Waals surface area contributed by atoms with Crippen molar-refractivity contribution in [1.82, 2.24) is 5.32 Å². The van der Waals surface area contributed by atoms with Crippen molar-refractivity contribution in [3.63, 3.8) is 0 Å². The van der Waals surface area contributed by atoms with Crippen LogP contribution in [0.2, 0.25) is 0 Å². The Balaban J connectivity index is 3.20. The van der Waals surface area contributed by atoms with E-state index in [1.807, 2.05) is 13.0 Å². The van der Waals surface area contributed by atoms with Crippen LogP contribution >= 0.6 is 0 Å². The van der Waals surface area contributed by atoms with Gasteiger partial charge in [0.15, 0.2) is 0 Å². The predicted octanol–water partition coefficient (Wildman–Crippen LogP) is 3.72. The Hall–Kier alpha value is -1.06. The van der Waals surface area contributed by atoms with Gasteiger partial charge in [-0.1, -0.05) is 38.5 Å². The second-order valence-electron chi connectivity index (χ2n) is 5.44. The molecule has 0 saturated carbocycles. The van der Waals surface area contributed by atoms with Crippen LogP contribution in [0.1, 0.15) is 44.9 Å². The van der Waals surface area contributed by atoms with E-state index in [1.165, 1.54) is 11.1 Å². The Morgan fingerprint density at radius 1 is 1.20 bits per heavy atom. The van der Waals surface area contributed by atoms with Crippen molar-refractivity contribution in [1.29, 1.82) is 0 Å². The van der Waals surface area contributed by atoms with Crippen LogP contribution in [0.5, 0.6) is 5.75 Å². The number of aryl methyl sites for hydroxylation is 1. The number of ether oxygens (including phenoxy) is 2. The fourth-order valence-corrected chi connectivity index (χ4v) is 2.59. The first kappa shape index (κ1) is 17.0. The van der Waals surface area contributed by atoms with Crippen LogP contribution in [-0.4, -0.2) is 26.4 Å². The first-order valence-corrected chi connectivity index (χ1v) is 7.54. The van der Waals surface area contributed by atoms with Crippen LogP contribution in [0, 0.1) is 12.8 Å². The van der Waals surface area contributed by atoms with Crippen molar-refractivity contribution >= 4 is 0 Å². The van der Waals surface area contributed by atoms with Crippen molar-refractivity contribution in [3.05, 3.63) is 29.3 Å². The van der Waals surface area contributed by atoms with Crippen LogP contribution < -0.4 is 10.1 Å². The average molecular weight is 279 g/mol. The highest BCUT2D eigenvalue weighted by Crippen LogP contribution is 2.32. The van der Waals surface area contributed by atoms with Gasteiger partial charge >= 0.3 is 0 Å². The smallest absolute Gasteiger partial charge is 0.123 e. The molecule has 0 aliphatic heterocycles. The number of likely N-dealkylation sites (N-methyl/N-ethyl adjacent to an activating group) is 1. The molecule has 0 aliphatic rings. The van der Waals surface area contributed by atoms with E-state index >= 15 is 0 Å². The fourth-order valence-electron chi connectivity index (χ4n) is 2.59. The molecule has 0 fully saturated rings. The topological polar surface area (TPSA) is 30.5 Å². The summed E-state index contributed by atoms with van der Waals surface area (Å²) in [4.78, 5) is 0. The summed E-state index contributed by atoms with van der Waals surface area (Å²) in [6.07, 6.45) is 0.135. The molecule has 0 amide bonds. The fraction of sp³-hybridized carbons (Fsp3) is 0.647. The van der Waals surface area contributed by atoms with E-state index in [1.54, 1.807) is 7.11 Å². The summed E-state index contributed by atoms with van der Waals surface area (Å²) in [5.41, 5.74) is 2.42. The highest BCUT2D eigenvalue weighted by molar-refractivity contribution is 5.39. The lowest BCUT2D eigenvalue weighted by atomic mass is 9.91. The Kier molecular flexibility index (Phi) is 7.03. The standard InChI is InChI=1S/C17H29NO2/c1-7-18-16(17(12(3)4)20-8-2)14-11-13(5)9-10-15(14)19-6/h9-12,16-18H,7-8H2,1-6H3. The summed E-state index contributed by atoms with van der Waals surface area (Å²) in [5, 5.41) is 3.56. The van der Waals surface area contributed by atoms with E-state index in [9.17, 15) is 0 Å². The summed E-state index contributed by atoms with van der Waals surface area (Å²) < 4.78 is 11.5. The first-order valence-electron chi connectivity index (χ1n) is 7.54. The second-order valence-corrected chi connectivity index (χ2v) is 5.44. The number of hydrogen-bond acceptors (Lipinski definition) is 3. The quantitative estimate of drug-likeness (QED) is 0.787. The molecule has 2 atom stereocenters. The SMILES string of the molecule is CCNC(c1cc(C)ccc1OC)C(OCC)C(C)C. The summed E-state index contributed by atoms with van der Waals surface area (Å²) in [6.45, 7) is 12.3. The molecule has 1 aromatic rings. The molecule has 1 N–H and O–H groups in total. The molecule has 0 radical (unpaired) electrons. The Bertz CT molecular complexity index is 404. The van der Waals surface area contributed by atoms with Gasteiger partial charge in [0.05, 0.1) is 19.3 Å². The highest BCUT2D eigenvalue weighted by atomic mass is 16.5. The molecule has 3 nitrogen and oxygen atoms in total. The second kappa shape index (κ2) is 8.28. The molecule has 114 valence electrons. The lowest BCUT2D eigenvalue weighted by Crippen LogP contribution is -2.37. The van der Waals surface area contributed by atoms with Crippen LogP contribution in [0.4, 0.5) is 0 Å². The van der Waals surface area contributed by atoms with E-state index in [0.717, 1.165) is 18.9 Å². The molecule has 3 heteroatoms. The third kappa shape index (κ3) is 4.22. The van der Waals surface area contributed by atoms with Crippen molar-refractivity contribution in [2.75, 3.05) is 20.3 Å². The zero-order valence-electron chi connectivity index (χ0n) is 13.7. The van der Waals surface area contributed by atoms with Gasteiger partial charge in [0.2, 0.25) is 0 Å². The number of rotatable bonds is 8. The summed E-state index contributed by atoms with van der Waals surface area (Å²) >= 11 is 0. The van der Waals surface area contributed by atoms with Gasteiger partial charge in [-0.05, 0) is 32.4 Å². The monoisotopic (exact) mass is 279 g/mol. The highest BCUT2D eigenvalue weighted by Gasteiger charge is 2.28. The van der Waals surface area contributed by atoms with Crippen molar-refractivity contribution in [2.45, 2.75) is 46.8 Å².